The quantitative estimate of drug-likeness (QED) is 0.578. The molecule has 0 spiro atoms. The van der Waals surface area contributed by atoms with Crippen molar-refractivity contribution in [2.24, 2.45) is 0 Å². The van der Waals surface area contributed by atoms with Crippen molar-refractivity contribution in [3.63, 3.8) is 0 Å². The van der Waals surface area contributed by atoms with Gasteiger partial charge in [-0.15, -0.1) is 0 Å². The summed E-state index contributed by atoms with van der Waals surface area (Å²) in [4.78, 5) is 22.6. The zero-order valence-electron chi connectivity index (χ0n) is 13.2. The minimum atomic E-state index is -4.14. The Morgan fingerprint density at radius 1 is 1.16 bits per heavy atom. The van der Waals surface area contributed by atoms with E-state index >= 15 is 0 Å². The average Bonchev–Trinajstić information content (AvgIpc) is 2.13. The van der Waals surface area contributed by atoms with Gasteiger partial charge in [-0.1, -0.05) is 0 Å². The Balaban J connectivity index is 5.69. The zero-order chi connectivity index (χ0) is 15.5. The summed E-state index contributed by atoms with van der Waals surface area (Å²) < 4.78 is 1.84. The van der Waals surface area contributed by atoms with Crippen LogP contribution in [0.15, 0.2) is 0 Å². The summed E-state index contributed by atoms with van der Waals surface area (Å²) in [5.41, 5.74) is 0. The number of nitriles is 1. The Morgan fingerprint density at radius 2 is 1.58 bits per heavy atom. The molecule has 0 aromatic rings. The molecule has 0 rings (SSSR count). The van der Waals surface area contributed by atoms with Crippen LogP contribution in [0.2, 0.25) is 0 Å². The molecule has 4 nitrogen and oxygen atoms in total. The maximum atomic E-state index is 11.3. The van der Waals surface area contributed by atoms with Gasteiger partial charge in [0, 0.05) is 0 Å². The number of rotatable bonds is 6. The van der Waals surface area contributed by atoms with E-state index in [4.69, 9.17) is 5.26 Å². The molecule has 0 bridgehead atoms. The van der Waals surface area contributed by atoms with E-state index in [1.165, 1.54) is 11.4 Å². The van der Waals surface area contributed by atoms with Crippen LogP contribution in [0.3, 0.4) is 0 Å². The molecule has 0 saturated carbocycles. The van der Waals surface area contributed by atoms with E-state index in [1.807, 2.05) is 53.1 Å². The van der Waals surface area contributed by atoms with E-state index in [0.29, 0.717) is 12.2 Å². The average molecular weight is 308 g/mol. The molecule has 0 unspecified atom stereocenters. The van der Waals surface area contributed by atoms with Crippen LogP contribution in [0.1, 0.15) is 54.9 Å². The summed E-state index contributed by atoms with van der Waals surface area (Å²) in [7, 11) is 0. The normalized spacial score (nSPS) is 15.6. The number of nitrogens with zero attached hydrogens (tertiary/aromatic N) is 2. The molecule has 0 aromatic heterocycles. The van der Waals surface area contributed by atoms with Crippen molar-refractivity contribution in [2.45, 2.75) is 72.1 Å². The second-order valence-corrected chi connectivity index (χ2v) is 13.5. The van der Waals surface area contributed by atoms with Gasteiger partial charge in [-0.3, -0.25) is 0 Å². The number of hydrogen-bond donors (Lipinski definition) is 2. The Labute approximate surface area is 122 Å². The standard InChI is InChI=1S/C13H29N2O2PS/c1-11(2)15(12(3)4)18(16,17,13(5,6)7)19-10-8-9-14/h11-12,16-17H,8,10H2,1-7H3. The van der Waals surface area contributed by atoms with Gasteiger partial charge in [0.05, 0.1) is 0 Å². The summed E-state index contributed by atoms with van der Waals surface area (Å²) in [6.45, 7) is 13.5. The molecule has 0 amide bonds. The third-order valence-corrected chi connectivity index (χ3v) is 12.3. The molecule has 0 radical (unpaired) electrons. The van der Waals surface area contributed by atoms with E-state index in [1.54, 1.807) is 0 Å². The fraction of sp³-hybridized carbons (Fsp3) is 0.923. The Kier molecular flexibility index (Phi) is 6.33. The molecule has 6 heteroatoms. The van der Waals surface area contributed by atoms with Crippen molar-refractivity contribution >= 4 is 17.8 Å². The molecule has 19 heavy (non-hydrogen) atoms. The second kappa shape index (κ2) is 6.28. The van der Waals surface area contributed by atoms with Crippen molar-refractivity contribution in [3.05, 3.63) is 0 Å². The first-order valence-corrected chi connectivity index (χ1v) is 10.4. The zero-order valence-corrected chi connectivity index (χ0v) is 14.9. The van der Waals surface area contributed by atoms with Gasteiger partial charge in [0.1, 0.15) is 0 Å². The van der Waals surface area contributed by atoms with Gasteiger partial charge in [-0.05, 0) is 0 Å². The summed E-state index contributed by atoms with van der Waals surface area (Å²) >= 11 is 1.17. The van der Waals surface area contributed by atoms with Crippen LogP contribution < -0.4 is 0 Å². The monoisotopic (exact) mass is 308 g/mol. The molecule has 0 fully saturated rings. The first-order chi connectivity index (χ1) is 8.38. The van der Waals surface area contributed by atoms with Crippen LogP contribution >= 0.6 is 17.8 Å². The van der Waals surface area contributed by atoms with Gasteiger partial charge >= 0.3 is 121 Å². The van der Waals surface area contributed by atoms with Crippen LogP contribution in [0.4, 0.5) is 0 Å². The third-order valence-electron chi connectivity index (χ3n) is 3.19. The molecule has 114 valence electrons. The summed E-state index contributed by atoms with van der Waals surface area (Å²) in [5.74, 6) is 0.439. The van der Waals surface area contributed by atoms with Crippen molar-refractivity contribution in [3.8, 4) is 6.07 Å². The van der Waals surface area contributed by atoms with Crippen LogP contribution in [0, 0.1) is 11.3 Å². The molecule has 0 atom stereocenters. The van der Waals surface area contributed by atoms with Gasteiger partial charge in [-0.2, -0.15) is 0 Å². The molecule has 0 aromatic carbocycles. The minimum absolute atomic E-state index is 0.0291. The van der Waals surface area contributed by atoms with E-state index in [2.05, 4.69) is 6.07 Å². The van der Waals surface area contributed by atoms with Gasteiger partial charge in [0.2, 0.25) is 0 Å². The van der Waals surface area contributed by atoms with E-state index < -0.39 is 11.6 Å². The molecule has 0 aliphatic heterocycles. The molecular weight excluding hydrogens is 279 g/mol. The van der Waals surface area contributed by atoms with Crippen LogP contribution in [0.25, 0.3) is 0 Å². The van der Waals surface area contributed by atoms with E-state index in [-0.39, 0.29) is 12.1 Å². The fourth-order valence-corrected chi connectivity index (χ4v) is 9.67. The van der Waals surface area contributed by atoms with Crippen molar-refractivity contribution in [1.82, 2.24) is 4.67 Å². The summed E-state index contributed by atoms with van der Waals surface area (Å²) in [6.07, 6.45) is -3.81. The Morgan fingerprint density at radius 3 is 1.84 bits per heavy atom. The molecule has 0 heterocycles. The molecule has 0 aliphatic rings. The van der Waals surface area contributed by atoms with E-state index in [9.17, 15) is 9.79 Å². The predicted molar refractivity (Wildman–Crippen MR) is 85.9 cm³/mol. The van der Waals surface area contributed by atoms with E-state index in [0.717, 1.165) is 0 Å². The van der Waals surface area contributed by atoms with Crippen molar-refractivity contribution in [1.29, 1.82) is 5.26 Å². The molecule has 0 saturated heterocycles. The molecular formula is C13H29N2O2PS. The Hall–Kier alpha value is 0.150. The first kappa shape index (κ1) is 19.1. The first-order valence-electron chi connectivity index (χ1n) is 6.70. The summed E-state index contributed by atoms with van der Waals surface area (Å²) in [6, 6.07) is 2.12. The van der Waals surface area contributed by atoms with Gasteiger partial charge in [0.15, 0.2) is 0 Å². The second-order valence-electron chi connectivity index (χ2n) is 6.38. The van der Waals surface area contributed by atoms with Crippen molar-refractivity contribution in [2.75, 3.05) is 5.75 Å². The molecule has 0 aliphatic carbocycles. The topological polar surface area (TPSA) is 67.5 Å². The van der Waals surface area contributed by atoms with Crippen LogP contribution in [-0.2, 0) is 0 Å². The van der Waals surface area contributed by atoms with Gasteiger partial charge in [-0.25, -0.2) is 0 Å². The SMILES string of the molecule is CC(C)N(C(C)C)P(O)(O)(SCCC#N)C(C)(C)C. The Bertz CT molecular complexity index is 338. The maximum absolute atomic E-state index is 11.3. The van der Waals surface area contributed by atoms with Crippen LogP contribution in [0.5, 0.6) is 0 Å². The van der Waals surface area contributed by atoms with Crippen LogP contribution in [-0.4, -0.2) is 37.4 Å². The molecule has 2 N–H and O–H groups in total. The number of hydrogen-bond acceptors (Lipinski definition) is 5. The van der Waals surface area contributed by atoms with Gasteiger partial charge < -0.3 is 0 Å². The van der Waals surface area contributed by atoms with Crippen molar-refractivity contribution < 1.29 is 9.79 Å². The van der Waals surface area contributed by atoms with Gasteiger partial charge in [0.25, 0.3) is 0 Å². The third kappa shape index (κ3) is 3.83. The predicted octanol–water partition coefficient (Wildman–Crippen LogP) is 3.75. The fourth-order valence-electron chi connectivity index (χ4n) is 2.30. The summed E-state index contributed by atoms with van der Waals surface area (Å²) in [5, 5.41) is 8.03.